The molecule has 0 aromatic carbocycles. The zero-order chi connectivity index (χ0) is 11.5. The highest BCUT2D eigenvalue weighted by Gasteiger charge is 2.18. The van der Waals surface area contributed by atoms with Crippen LogP contribution in [0.2, 0.25) is 0 Å². The molecule has 0 bridgehead atoms. The molecule has 0 aliphatic rings. The second-order valence-electron chi connectivity index (χ2n) is 4.57. The fraction of sp³-hybridized carbons (Fsp3) is 0.636. The van der Waals surface area contributed by atoms with Crippen LogP contribution in [0.1, 0.15) is 31.7 Å². The topological polar surface area (TPSA) is 32.3 Å². The maximum atomic E-state index is 9.14. The Morgan fingerprint density at radius 2 is 2.20 bits per heavy atom. The van der Waals surface area contributed by atoms with Gasteiger partial charge in [-0.25, -0.2) is 0 Å². The molecule has 2 nitrogen and oxygen atoms in total. The van der Waals surface area contributed by atoms with Crippen molar-refractivity contribution < 1.29 is 5.11 Å². The summed E-state index contributed by atoms with van der Waals surface area (Å²) in [5, 5.41) is 12.6. The van der Waals surface area contributed by atoms with Crippen molar-refractivity contribution in [3.05, 3.63) is 20.8 Å². The Morgan fingerprint density at radius 1 is 1.53 bits per heavy atom. The summed E-state index contributed by atoms with van der Waals surface area (Å²) in [6.45, 7) is 7.28. The monoisotopic (exact) mass is 291 g/mol. The number of halogens is 1. The van der Waals surface area contributed by atoms with Gasteiger partial charge in [0.25, 0.3) is 0 Å². The number of aliphatic hydroxyl groups is 1. The van der Waals surface area contributed by atoms with E-state index in [1.807, 2.05) is 0 Å². The van der Waals surface area contributed by atoms with E-state index in [9.17, 15) is 0 Å². The summed E-state index contributed by atoms with van der Waals surface area (Å²) in [5.41, 5.74) is -0.0528. The van der Waals surface area contributed by atoms with Crippen molar-refractivity contribution in [2.45, 2.75) is 26.8 Å². The van der Waals surface area contributed by atoms with Crippen LogP contribution in [-0.4, -0.2) is 18.3 Å². The molecule has 0 saturated carbocycles. The number of rotatable bonds is 5. The average molecular weight is 292 g/mol. The number of nitrogens with one attached hydrogen (secondary N) is 1. The minimum absolute atomic E-state index is 0.0528. The molecule has 1 atom stereocenters. The van der Waals surface area contributed by atoms with Gasteiger partial charge in [0.05, 0.1) is 3.79 Å². The van der Waals surface area contributed by atoms with Crippen LogP contribution < -0.4 is 5.32 Å². The predicted molar refractivity (Wildman–Crippen MR) is 69.3 cm³/mol. The van der Waals surface area contributed by atoms with Gasteiger partial charge in [-0.2, -0.15) is 0 Å². The van der Waals surface area contributed by atoms with Gasteiger partial charge >= 0.3 is 0 Å². The molecule has 2 N–H and O–H groups in total. The summed E-state index contributed by atoms with van der Waals surface area (Å²) in [7, 11) is 0. The summed E-state index contributed by atoms with van der Waals surface area (Å²) in [6.07, 6.45) is 0. The molecule has 0 fully saturated rings. The fourth-order valence-electron chi connectivity index (χ4n) is 1.15. The number of thiophene rings is 1. The van der Waals surface area contributed by atoms with Crippen molar-refractivity contribution in [1.82, 2.24) is 5.32 Å². The summed E-state index contributed by atoms with van der Waals surface area (Å²) < 4.78 is 1.16. The molecule has 1 unspecified atom stereocenters. The second kappa shape index (κ2) is 5.43. The number of hydrogen-bond acceptors (Lipinski definition) is 3. The van der Waals surface area contributed by atoms with Crippen molar-refractivity contribution >= 4 is 27.3 Å². The van der Waals surface area contributed by atoms with E-state index in [4.69, 9.17) is 5.11 Å². The Morgan fingerprint density at radius 3 is 2.67 bits per heavy atom. The van der Waals surface area contributed by atoms with E-state index in [2.05, 4.69) is 54.2 Å². The van der Waals surface area contributed by atoms with Gasteiger partial charge in [0.15, 0.2) is 0 Å². The Hall–Kier alpha value is 0.1000. The third-order valence-corrected chi connectivity index (χ3v) is 4.14. The van der Waals surface area contributed by atoms with Crippen molar-refractivity contribution in [1.29, 1.82) is 0 Å². The first-order valence-corrected chi connectivity index (χ1v) is 6.65. The highest BCUT2D eigenvalue weighted by molar-refractivity contribution is 9.11. The maximum absolute atomic E-state index is 9.14. The third kappa shape index (κ3) is 4.23. The Bertz CT molecular complexity index is 311. The van der Waals surface area contributed by atoms with E-state index in [1.54, 1.807) is 11.3 Å². The summed E-state index contributed by atoms with van der Waals surface area (Å²) in [6, 6.07) is 4.53. The average Bonchev–Trinajstić information content (AvgIpc) is 2.61. The molecule has 1 aromatic heterocycles. The Labute approximate surface area is 104 Å². The normalized spacial score (nSPS) is 14.2. The molecule has 0 radical (unpaired) electrons. The molecule has 4 heteroatoms. The first-order chi connectivity index (χ1) is 6.94. The van der Waals surface area contributed by atoms with Gasteiger partial charge in [-0.1, -0.05) is 13.8 Å². The second-order valence-corrected chi connectivity index (χ2v) is 7.06. The van der Waals surface area contributed by atoms with Crippen LogP contribution in [0.5, 0.6) is 0 Å². The minimum Gasteiger partial charge on any atom is -0.396 e. The molecule has 0 saturated heterocycles. The lowest BCUT2D eigenvalue weighted by molar-refractivity contribution is 0.154. The lowest BCUT2D eigenvalue weighted by atomic mass is 9.94. The highest BCUT2D eigenvalue weighted by atomic mass is 79.9. The first kappa shape index (κ1) is 13.2. The largest absolute Gasteiger partial charge is 0.396 e. The summed E-state index contributed by atoms with van der Waals surface area (Å²) in [5.74, 6) is 0. The van der Waals surface area contributed by atoms with Crippen molar-refractivity contribution in [3.63, 3.8) is 0 Å². The summed E-state index contributed by atoms with van der Waals surface area (Å²) in [4.78, 5) is 1.32. The molecular weight excluding hydrogens is 274 g/mol. The molecule has 0 amide bonds. The predicted octanol–water partition coefficient (Wildman–Crippen LogP) is 3.18. The van der Waals surface area contributed by atoms with Crippen LogP contribution in [0.25, 0.3) is 0 Å². The van der Waals surface area contributed by atoms with Gasteiger partial charge in [0.2, 0.25) is 0 Å². The van der Waals surface area contributed by atoms with Crippen molar-refractivity contribution in [2.24, 2.45) is 5.41 Å². The Kier molecular flexibility index (Phi) is 4.77. The molecule has 86 valence electrons. The molecule has 1 rings (SSSR count). The summed E-state index contributed by atoms with van der Waals surface area (Å²) >= 11 is 5.20. The van der Waals surface area contributed by atoms with Crippen LogP contribution in [0, 0.1) is 5.41 Å². The highest BCUT2D eigenvalue weighted by Crippen LogP contribution is 2.27. The molecule has 15 heavy (non-hydrogen) atoms. The number of hydrogen-bond donors (Lipinski definition) is 2. The lowest BCUT2D eigenvalue weighted by Gasteiger charge is -2.24. The fourth-order valence-corrected chi connectivity index (χ4v) is 2.60. The Balaban J connectivity index is 2.46. The van der Waals surface area contributed by atoms with E-state index in [-0.39, 0.29) is 12.0 Å². The SMILES string of the molecule is CC(NCC(C)(C)CO)c1ccc(Br)s1. The minimum atomic E-state index is -0.0528. The van der Waals surface area contributed by atoms with Gasteiger partial charge in [-0.3, -0.25) is 0 Å². The van der Waals surface area contributed by atoms with Crippen LogP contribution >= 0.6 is 27.3 Å². The van der Waals surface area contributed by atoms with E-state index in [0.29, 0.717) is 6.04 Å². The van der Waals surface area contributed by atoms with Crippen molar-refractivity contribution in [2.75, 3.05) is 13.2 Å². The van der Waals surface area contributed by atoms with E-state index < -0.39 is 0 Å². The molecule has 0 spiro atoms. The maximum Gasteiger partial charge on any atom is 0.0701 e. The van der Waals surface area contributed by atoms with E-state index in [0.717, 1.165) is 10.3 Å². The van der Waals surface area contributed by atoms with Gasteiger partial charge in [0, 0.05) is 29.5 Å². The van der Waals surface area contributed by atoms with E-state index in [1.165, 1.54) is 4.88 Å². The molecular formula is C11H18BrNOS. The number of aliphatic hydroxyl groups excluding tert-OH is 1. The molecule has 0 aliphatic heterocycles. The van der Waals surface area contributed by atoms with E-state index >= 15 is 0 Å². The quantitative estimate of drug-likeness (QED) is 0.873. The van der Waals surface area contributed by atoms with Crippen LogP contribution in [0.4, 0.5) is 0 Å². The van der Waals surface area contributed by atoms with Gasteiger partial charge in [-0.15, -0.1) is 11.3 Å². The molecule has 0 aliphatic carbocycles. The van der Waals surface area contributed by atoms with Gasteiger partial charge in [-0.05, 0) is 35.0 Å². The third-order valence-electron chi connectivity index (χ3n) is 2.34. The van der Waals surface area contributed by atoms with Crippen LogP contribution in [-0.2, 0) is 0 Å². The van der Waals surface area contributed by atoms with Gasteiger partial charge < -0.3 is 10.4 Å². The van der Waals surface area contributed by atoms with Crippen molar-refractivity contribution in [3.8, 4) is 0 Å². The van der Waals surface area contributed by atoms with Crippen LogP contribution in [0.3, 0.4) is 0 Å². The zero-order valence-corrected chi connectivity index (χ0v) is 11.8. The molecule has 1 heterocycles. The zero-order valence-electron chi connectivity index (χ0n) is 9.38. The molecule has 1 aromatic rings. The van der Waals surface area contributed by atoms with Crippen LogP contribution in [0.15, 0.2) is 15.9 Å². The standard InChI is InChI=1S/C11H18BrNOS/c1-8(9-4-5-10(12)15-9)13-6-11(2,3)7-14/h4-5,8,13-14H,6-7H2,1-3H3. The first-order valence-electron chi connectivity index (χ1n) is 5.04. The smallest absolute Gasteiger partial charge is 0.0701 e. The lowest BCUT2D eigenvalue weighted by Crippen LogP contribution is -2.33. The van der Waals surface area contributed by atoms with Gasteiger partial charge in [0.1, 0.15) is 0 Å².